The van der Waals surface area contributed by atoms with Crippen LogP contribution in [0.15, 0.2) is 47.4 Å². The van der Waals surface area contributed by atoms with Crippen LogP contribution >= 0.6 is 12.4 Å². The van der Waals surface area contributed by atoms with E-state index in [2.05, 4.69) is 15.4 Å². The largest absolute Gasteiger partial charge is 0.351 e. The molecule has 0 radical (unpaired) electrons. The zero-order valence-corrected chi connectivity index (χ0v) is 16.6. The van der Waals surface area contributed by atoms with Crippen LogP contribution in [-0.2, 0) is 10.0 Å². The van der Waals surface area contributed by atoms with Gasteiger partial charge in [-0.1, -0.05) is 12.1 Å². The molecule has 0 saturated carbocycles. The molecule has 2 rings (SSSR count). The molecule has 6 nitrogen and oxygen atoms in total. The Hall–Kier alpha value is -2.09. The third kappa shape index (κ3) is 5.72. The number of amides is 1. The van der Waals surface area contributed by atoms with Crippen LogP contribution in [0.2, 0.25) is 0 Å². The molecule has 26 heavy (non-hydrogen) atoms. The first kappa shape index (κ1) is 22.0. The van der Waals surface area contributed by atoms with E-state index >= 15 is 0 Å². The molecule has 0 aliphatic carbocycles. The summed E-state index contributed by atoms with van der Waals surface area (Å²) in [6, 6.07) is 11.6. The molecule has 3 N–H and O–H groups in total. The van der Waals surface area contributed by atoms with E-state index in [9.17, 15) is 13.2 Å². The number of hydrogen-bond donors (Lipinski definition) is 3. The van der Waals surface area contributed by atoms with Crippen LogP contribution in [0.1, 0.15) is 21.5 Å². The van der Waals surface area contributed by atoms with Crippen molar-refractivity contribution in [2.45, 2.75) is 18.7 Å². The van der Waals surface area contributed by atoms with Gasteiger partial charge in [-0.05, 0) is 62.4 Å². The monoisotopic (exact) mass is 397 g/mol. The summed E-state index contributed by atoms with van der Waals surface area (Å²) in [7, 11) is -1.87. The van der Waals surface area contributed by atoms with Gasteiger partial charge in [0.25, 0.3) is 15.9 Å². The molecule has 0 fully saturated rings. The van der Waals surface area contributed by atoms with Crippen LogP contribution in [0, 0.1) is 13.8 Å². The topological polar surface area (TPSA) is 87.3 Å². The third-order valence-electron chi connectivity index (χ3n) is 3.69. The van der Waals surface area contributed by atoms with E-state index in [-0.39, 0.29) is 23.2 Å². The molecule has 0 aliphatic heterocycles. The fourth-order valence-electron chi connectivity index (χ4n) is 2.30. The second kappa shape index (κ2) is 9.56. The van der Waals surface area contributed by atoms with E-state index in [1.165, 1.54) is 0 Å². The van der Waals surface area contributed by atoms with Crippen molar-refractivity contribution in [3.63, 3.8) is 0 Å². The van der Waals surface area contributed by atoms with Gasteiger partial charge in [-0.2, -0.15) is 0 Å². The lowest BCUT2D eigenvalue weighted by molar-refractivity contribution is 0.0954. The minimum Gasteiger partial charge on any atom is -0.351 e. The van der Waals surface area contributed by atoms with Crippen LogP contribution in [0.25, 0.3) is 0 Å². The Morgan fingerprint density at radius 2 is 1.65 bits per heavy atom. The Balaban J connectivity index is 0.00000338. The predicted octanol–water partition coefficient (Wildman–Crippen LogP) is 2.48. The molecular formula is C18H24ClN3O3S. The minimum atomic E-state index is -3.68. The van der Waals surface area contributed by atoms with Crippen LogP contribution in [0.5, 0.6) is 0 Å². The van der Waals surface area contributed by atoms with E-state index in [1.54, 1.807) is 43.3 Å². The number of carbonyl (C=O) groups is 1. The highest BCUT2D eigenvalue weighted by Crippen LogP contribution is 2.21. The molecule has 0 heterocycles. The third-order valence-corrected chi connectivity index (χ3v) is 5.22. The summed E-state index contributed by atoms with van der Waals surface area (Å²) < 4.78 is 27.7. The first-order valence-corrected chi connectivity index (χ1v) is 9.45. The van der Waals surface area contributed by atoms with E-state index in [0.29, 0.717) is 29.9 Å². The number of sulfonamides is 1. The Morgan fingerprint density at radius 1 is 1.00 bits per heavy atom. The number of carbonyl (C=O) groups excluding carboxylic acids is 1. The Labute approximate surface area is 160 Å². The van der Waals surface area contributed by atoms with Gasteiger partial charge in [0.1, 0.15) is 0 Å². The molecule has 2 aromatic carbocycles. The number of rotatable bonds is 7. The zero-order chi connectivity index (χ0) is 18.4. The van der Waals surface area contributed by atoms with Crippen molar-refractivity contribution in [2.75, 3.05) is 24.9 Å². The predicted molar refractivity (Wildman–Crippen MR) is 107 cm³/mol. The van der Waals surface area contributed by atoms with Crippen molar-refractivity contribution in [1.82, 2.24) is 10.6 Å². The summed E-state index contributed by atoms with van der Waals surface area (Å²) >= 11 is 0. The highest BCUT2D eigenvalue weighted by Gasteiger charge is 2.17. The van der Waals surface area contributed by atoms with Crippen LogP contribution in [0.3, 0.4) is 0 Å². The van der Waals surface area contributed by atoms with Gasteiger partial charge >= 0.3 is 0 Å². The van der Waals surface area contributed by atoms with E-state index in [4.69, 9.17) is 0 Å². The smallest absolute Gasteiger partial charge is 0.262 e. The standard InChI is InChI=1S/C18H23N3O3S.ClH/c1-13-4-5-14(2)17(12-13)25(23,24)21-16-8-6-15(7-9-16)18(22)20-11-10-19-3;/h4-9,12,19,21H,10-11H2,1-3H3,(H,20,22);1H. The van der Waals surface area contributed by atoms with Gasteiger partial charge in [-0.3, -0.25) is 9.52 Å². The number of anilines is 1. The van der Waals surface area contributed by atoms with Crippen molar-refractivity contribution in [3.8, 4) is 0 Å². The van der Waals surface area contributed by atoms with Gasteiger partial charge in [-0.25, -0.2) is 8.42 Å². The number of aryl methyl sites for hydroxylation is 2. The average Bonchev–Trinajstić information content (AvgIpc) is 2.57. The first-order chi connectivity index (χ1) is 11.8. The van der Waals surface area contributed by atoms with E-state index in [0.717, 1.165) is 5.56 Å². The van der Waals surface area contributed by atoms with Crippen LogP contribution < -0.4 is 15.4 Å². The van der Waals surface area contributed by atoms with E-state index in [1.807, 2.05) is 20.0 Å². The number of benzene rings is 2. The molecule has 0 bridgehead atoms. The highest BCUT2D eigenvalue weighted by molar-refractivity contribution is 7.92. The molecule has 0 unspecified atom stereocenters. The molecule has 0 atom stereocenters. The summed E-state index contributed by atoms with van der Waals surface area (Å²) in [5.41, 5.74) is 2.44. The van der Waals surface area contributed by atoms with Crippen molar-refractivity contribution < 1.29 is 13.2 Å². The van der Waals surface area contributed by atoms with Crippen molar-refractivity contribution in [1.29, 1.82) is 0 Å². The van der Waals surface area contributed by atoms with Gasteiger partial charge in [0.05, 0.1) is 4.90 Å². The average molecular weight is 398 g/mol. The number of nitrogens with one attached hydrogen (secondary N) is 3. The quantitative estimate of drug-likeness (QED) is 0.626. The Morgan fingerprint density at radius 3 is 2.27 bits per heavy atom. The number of halogens is 1. The van der Waals surface area contributed by atoms with Gasteiger partial charge in [0.2, 0.25) is 0 Å². The second-order valence-corrected chi connectivity index (χ2v) is 7.46. The molecule has 0 aromatic heterocycles. The molecular weight excluding hydrogens is 374 g/mol. The van der Waals surface area contributed by atoms with Gasteiger partial charge in [0, 0.05) is 24.3 Å². The van der Waals surface area contributed by atoms with Gasteiger partial charge in [-0.15, -0.1) is 12.4 Å². The zero-order valence-electron chi connectivity index (χ0n) is 15.0. The van der Waals surface area contributed by atoms with Crippen LogP contribution in [0.4, 0.5) is 5.69 Å². The lowest BCUT2D eigenvalue weighted by atomic mass is 10.2. The summed E-state index contributed by atoms with van der Waals surface area (Å²) in [4.78, 5) is 12.2. The first-order valence-electron chi connectivity index (χ1n) is 7.96. The van der Waals surface area contributed by atoms with E-state index < -0.39 is 10.0 Å². The molecule has 0 saturated heterocycles. The summed E-state index contributed by atoms with van der Waals surface area (Å²) in [5.74, 6) is -0.195. The fraction of sp³-hybridized carbons (Fsp3) is 0.278. The Bertz CT molecular complexity index is 852. The lowest BCUT2D eigenvalue weighted by Crippen LogP contribution is -2.30. The maximum absolute atomic E-state index is 12.6. The molecule has 142 valence electrons. The van der Waals surface area contributed by atoms with Crippen molar-refractivity contribution in [2.24, 2.45) is 0 Å². The molecule has 8 heteroatoms. The maximum Gasteiger partial charge on any atom is 0.262 e. The van der Waals surface area contributed by atoms with Crippen molar-refractivity contribution >= 4 is 34.0 Å². The van der Waals surface area contributed by atoms with Gasteiger partial charge in [0.15, 0.2) is 0 Å². The molecule has 0 spiro atoms. The maximum atomic E-state index is 12.6. The minimum absolute atomic E-state index is 0. The summed E-state index contributed by atoms with van der Waals surface area (Å²) in [5, 5.41) is 5.71. The lowest BCUT2D eigenvalue weighted by Gasteiger charge is -2.11. The fourth-order valence-corrected chi connectivity index (χ4v) is 3.69. The Kier molecular flexibility index (Phi) is 8.08. The summed E-state index contributed by atoms with van der Waals surface area (Å²) in [6.07, 6.45) is 0. The normalized spacial score (nSPS) is 10.7. The number of hydrogen-bond acceptors (Lipinski definition) is 4. The highest BCUT2D eigenvalue weighted by atomic mass is 35.5. The van der Waals surface area contributed by atoms with Crippen LogP contribution in [-0.4, -0.2) is 34.5 Å². The summed E-state index contributed by atoms with van der Waals surface area (Å²) in [6.45, 7) is 4.81. The molecule has 1 amide bonds. The van der Waals surface area contributed by atoms with Gasteiger partial charge < -0.3 is 10.6 Å². The molecule has 0 aliphatic rings. The molecule has 2 aromatic rings. The van der Waals surface area contributed by atoms with Crippen molar-refractivity contribution in [3.05, 3.63) is 59.2 Å². The number of likely N-dealkylation sites (N-methyl/N-ethyl adjacent to an activating group) is 1. The second-order valence-electron chi connectivity index (χ2n) is 5.81. The SMILES string of the molecule is CNCCNC(=O)c1ccc(NS(=O)(=O)c2cc(C)ccc2C)cc1.Cl.